The molecular weight excluding hydrogens is 286 g/mol. The Bertz CT molecular complexity index is 409. The average Bonchev–Trinajstić information content (AvgIpc) is 2.28. The molecule has 1 aromatic carbocycles. The van der Waals surface area contributed by atoms with Crippen LogP contribution in [0.1, 0.15) is 5.56 Å². The third kappa shape index (κ3) is 2.76. The summed E-state index contributed by atoms with van der Waals surface area (Å²) in [5.74, 6) is -2.25. The van der Waals surface area contributed by atoms with Gasteiger partial charge in [-0.05, 0) is 28.1 Å². The van der Waals surface area contributed by atoms with E-state index in [0.717, 1.165) is 19.2 Å². The van der Waals surface area contributed by atoms with Crippen LogP contribution in [0, 0.1) is 11.6 Å². The van der Waals surface area contributed by atoms with Gasteiger partial charge < -0.3 is 9.84 Å². The molecule has 16 heavy (non-hydrogen) atoms. The number of aliphatic hydroxyl groups excluding tert-OH is 1. The fraction of sp³-hybridized carbons (Fsp3) is 0.300. The van der Waals surface area contributed by atoms with Crippen molar-refractivity contribution in [2.75, 3.05) is 7.11 Å². The van der Waals surface area contributed by atoms with Gasteiger partial charge in [0.15, 0.2) is 6.10 Å². The number of hydrogen-bond acceptors (Lipinski definition) is 3. The van der Waals surface area contributed by atoms with Gasteiger partial charge in [-0.25, -0.2) is 13.6 Å². The number of esters is 1. The zero-order valence-electron chi connectivity index (χ0n) is 8.34. The maximum atomic E-state index is 13.3. The van der Waals surface area contributed by atoms with Crippen LogP contribution in [0.5, 0.6) is 0 Å². The highest BCUT2D eigenvalue weighted by molar-refractivity contribution is 9.10. The number of methoxy groups -OCH3 is 1. The van der Waals surface area contributed by atoms with E-state index in [4.69, 9.17) is 0 Å². The van der Waals surface area contributed by atoms with Crippen molar-refractivity contribution in [2.24, 2.45) is 0 Å². The smallest absolute Gasteiger partial charge is 0.335 e. The molecule has 0 bridgehead atoms. The van der Waals surface area contributed by atoms with Crippen molar-refractivity contribution >= 4 is 21.9 Å². The molecule has 1 atom stereocenters. The van der Waals surface area contributed by atoms with Crippen LogP contribution >= 0.6 is 15.9 Å². The molecule has 88 valence electrons. The van der Waals surface area contributed by atoms with Crippen molar-refractivity contribution in [3.8, 4) is 0 Å². The summed E-state index contributed by atoms with van der Waals surface area (Å²) in [5.41, 5.74) is -0.0992. The highest BCUT2D eigenvalue weighted by Gasteiger charge is 2.21. The first-order valence-electron chi connectivity index (χ1n) is 4.35. The maximum absolute atomic E-state index is 13.3. The number of hydrogen-bond donors (Lipinski definition) is 1. The Morgan fingerprint density at radius 3 is 2.62 bits per heavy atom. The van der Waals surface area contributed by atoms with Crippen LogP contribution < -0.4 is 0 Å². The minimum absolute atomic E-state index is 0.0992. The van der Waals surface area contributed by atoms with Gasteiger partial charge in [0, 0.05) is 12.0 Å². The number of aliphatic hydroxyl groups is 1. The largest absolute Gasteiger partial charge is 0.467 e. The van der Waals surface area contributed by atoms with Crippen molar-refractivity contribution in [1.29, 1.82) is 0 Å². The Hall–Kier alpha value is -1.01. The summed E-state index contributed by atoms with van der Waals surface area (Å²) in [7, 11) is 1.10. The van der Waals surface area contributed by atoms with Gasteiger partial charge in [0.2, 0.25) is 0 Å². The molecule has 3 nitrogen and oxygen atoms in total. The standard InChI is InChI=1S/C10H9BrF2O3/c1-16-10(15)8(14)4-5-6(12)2-3-7(13)9(5)11/h2-3,8,14H,4H2,1H3. The number of carbonyl (C=O) groups excluding carboxylic acids is 1. The first-order valence-corrected chi connectivity index (χ1v) is 5.15. The molecule has 0 saturated carbocycles. The van der Waals surface area contributed by atoms with Crippen LogP contribution in [0.25, 0.3) is 0 Å². The molecule has 0 aliphatic rings. The van der Waals surface area contributed by atoms with Crippen molar-refractivity contribution in [2.45, 2.75) is 12.5 Å². The monoisotopic (exact) mass is 294 g/mol. The lowest BCUT2D eigenvalue weighted by atomic mass is 10.1. The minimum atomic E-state index is -1.52. The van der Waals surface area contributed by atoms with Crippen LogP contribution in [-0.2, 0) is 16.0 Å². The fourth-order valence-corrected chi connectivity index (χ4v) is 1.65. The predicted octanol–water partition coefficient (Wildman–Crippen LogP) is 1.80. The van der Waals surface area contributed by atoms with Gasteiger partial charge in [-0.15, -0.1) is 0 Å². The highest BCUT2D eigenvalue weighted by atomic mass is 79.9. The second-order valence-corrected chi connectivity index (χ2v) is 3.86. The Morgan fingerprint density at radius 2 is 2.06 bits per heavy atom. The number of halogens is 3. The van der Waals surface area contributed by atoms with Gasteiger partial charge >= 0.3 is 5.97 Å². The summed E-state index contributed by atoms with van der Waals surface area (Å²) in [6.45, 7) is 0. The molecule has 0 spiro atoms. The van der Waals surface area contributed by atoms with Crippen LogP contribution in [0.3, 0.4) is 0 Å². The molecule has 0 amide bonds. The van der Waals surface area contributed by atoms with E-state index in [-0.39, 0.29) is 16.5 Å². The molecule has 0 saturated heterocycles. The lowest BCUT2D eigenvalue weighted by Gasteiger charge is -2.11. The summed E-state index contributed by atoms with van der Waals surface area (Å²) in [5, 5.41) is 9.33. The van der Waals surface area contributed by atoms with Gasteiger partial charge in [-0.1, -0.05) is 0 Å². The molecular formula is C10H9BrF2O3. The summed E-state index contributed by atoms with van der Waals surface area (Å²) in [6, 6.07) is 1.88. The van der Waals surface area contributed by atoms with Crippen LogP contribution in [0.4, 0.5) is 8.78 Å². The van der Waals surface area contributed by atoms with Gasteiger partial charge in [0.25, 0.3) is 0 Å². The second-order valence-electron chi connectivity index (χ2n) is 3.06. The van der Waals surface area contributed by atoms with Crippen molar-refractivity contribution < 1.29 is 23.4 Å². The summed E-state index contributed by atoms with van der Waals surface area (Å²) >= 11 is 2.85. The van der Waals surface area contributed by atoms with E-state index in [1.54, 1.807) is 0 Å². The van der Waals surface area contributed by atoms with E-state index in [2.05, 4.69) is 20.7 Å². The molecule has 1 unspecified atom stereocenters. The third-order valence-corrected chi connectivity index (χ3v) is 2.87. The molecule has 0 radical (unpaired) electrons. The topological polar surface area (TPSA) is 46.5 Å². The number of carbonyl (C=O) groups is 1. The molecule has 1 N–H and O–H groups in total. The zero-order valence-corrected chi connectivity index (χ0v) is 9.92. The molecule has 0 aliphatic carbocycles. The van der Waals surface area contributed by atoms with Crippen molar-refractivity contribution in [1.82, 2.24) is 0 Å². The van der Waals surface area contributed by atoms with Gasteiger partial charge in [0.1, 0.15) is 11.6 Å². The number of ether oxygens (including phenoxy) is 1. The van der Waals surface area contributed by atoms with E-state index in [0.29, 0.717) is 0 Å². The molecule has 1 aromatic rings. The van der Waals surface area contributed by atoms with E-state index in [1.165, 1.54) is 0 Å². The Balaban J connectivity index is 2.97. The number of rotatable bonds is 3. The molecule has 0 aliphatic heterocycles. The van der Waals surface area contributed by atoms with E-state index >= 15 is 0 Å². The van der Waals surface area contributed by atoms with Gasteiger partial charge in [-0.2, -0.15) is 0 Å². The molecule has 0 aromatic heterocycles. The van der Waals surface area contributed by atoms with Crippen molar-refractivity contribution in [3.63, 3.8) is 0 Å². The summed E-state index contributed by atoms with van der Waals surface area (Å²) < 4.78 is 30.6. The Morgan fingerprint density at radius 1 is 1.50 bits per heavy atom. The predicted molar refractivity (Wildman–Crippen MR) is 55.8 cm³/mol. The van der Waals surface area contributed by atoms with E-state index in [9.17, 15) is 18.7 Å². The second kappa shape index (κ2) is 5.36. The SMILES string of the molecule is COC(=O)C(O)Cc1c(F)ccc(F)c1Br. The lowest BCUT2D eigenvalue weighted by Crippen LogP contribution is -2.24. The van der Waals surface area contributed by atoms with Crippen LogP contribution in [0.2, 0.25) is 0 Å². The first-order chi connectivity index (χ1) is 7.47. The van der Waals surface area contributed by atoms with Gasteiger partial charge in [-0.3, -0.25) is 0 Å². The summed E-state index contributed by atoms with van der Waals surface area (Å²) in [4.78, 5) is 10.9. The normalized spacial score (nSPS) is 12.3. The van der Waals surface area contributed by atoms with E-state index < -0.39 is 23.7 Å². The molecule has 6 heteroatoms. The van der Waals surface area contributed by atoms with Gasteiger partial charge in [0.05, 0.1) is 11.6 Å². The molecule has 1 rings (SSSR count). The Labute approximate surface area is 99.2 Å². The third-order valence-electron chi connectivity index (χ3n) is 2.01. The highest BCUT2D eigenvalue weighted by Crippen LogP contribution is 2.24. The van der Waals surface area contributed by atoms with Crippen molar-refractivity contribution in [3.05, 3.63) is 33.8 Å². The summed E-state index contributed by atoms with van der Waals surface area (Å²) in [6.07, 6.45) is -1.87. The quantitative estimate of drug-likeness (QED) is 0.683. The fourth-order valence-electron chi connectivity index (χ4n) is 1.17. The zero-order chi connectivity index (χ0) is 12.3. The maximum Gasteiger partial charge on any atom is 0.335 e. The molecule has 0 heterocycles. The minimum Gasteiger partial charge on any atom is -0.467 e. The van der Waals surface area contributed by atoms with Crippen LogP contribution in [0.15, 0.2) is 16.6 Å². The molecule has 0 fully saturated rings. The van der Waals surface area contributed by atoms with E-state index in [1.807, 2.05) is 0 Å². The first kappa shape index (κ1) is 13.1. The lowest BCUT2D eigenvalue weighted by molar-refractivity contribution is -0.150. The Kier molecular flexibility index (Phi) is 4.37. The van der Waals surface area contributed by atoms with Crippen LogP contribution in [-0.4, -0.2) is 24.3 Å². The average molecular weight is 295 g/mol. The number of benzene rings is 1.